The van der Waals surface area contributed by atoms with Gasteiger partial charge in [-0.05, 0) is 26.6 Å². The number of carbonyl (C=O) groups excluding carboxylic acids is 1. The van der Waals surface area contributed by atoms with Crippen molar-refractivity contribution in [2.75, 3.05) is 0 Å². The van der Waals surface area contributed by atoms with E-state index in [1.165, 1.54) is 6.20 Å². The van der Waals surface area contributed by atoms with E-state index in [-0.39, 0.29) is 15.2 Å². The monoisotopic (exact) mass is 452 g/mol. The predicted octanol–water partition coefficient (Wildman–Crippen LogP) is 2.78. The Balaban J connectivity index is 1.44. The van der Waals surface area contributed by atoms with E-state index in [1.807, 2.05) is 37.3 Å². The number of nitrogens with zero attached hydrogens (tertiary/aromatic N) is 6. The summed E-state index contributed by atoms with van der Waals surface area (Å²) in [6.45, 7) is 2.14. The maximum Gasteiger partial charge on any atom is 0.342 e. The lowest BCUT2D eigenvalue weighted by atomic mass is 10.2. The maximum absolute atomic E-state index is 12.6. The van der Waals surface area contributed by atoms with Gasteiger partial charge in [0.15, 0.2) is 0 Å². The molecule has 0 spiro atoms. The average molecular weight is 452 g/mol. The number of pyridine rings is 2. The topological polar surface area (TPSA) is 104 Å². The molecular weight excluding hydrogens is 439 g/mol. The van der Waals surface area contributed by atoms with Gasteiger partial charge in [-0.15, -0.1) is 0 Å². The van der Waals surface area contributed by atoms with E-state index >= 15 is 0 Å². The van der Waals surface area contributed by atoms with E-state index in [0.717, 1.165) is 51.1 Å². The zero-order valence-corrected chi connectivity index (χ0v) is 18.2. The van der Waals surface area contributed by atoms with Crippen molar-refractivity contribution in [1.29, 1.82) is 0 Å². The van der Waals surface area contributed by atoms with Gasteiger partial charge < -0.3 is 4.74 Å². The summed E-state index contributed by atoms with van der Waals surface area (Å²) < 4.78 is 22.8. The van der Waals surface area contributed by atoms with Crippen LogP contribution in [0.3, 0.4) is 0 Å². The van der Waals surface area contributed by atoms with Gasteiger partial charge in [0.1, 0.15) is 34.2 Å². The zero-order chi connectivity index (χ0) is 20.5. The van der Waals surface area contributed by atoms with E-state index in [2.05, 4.69) is 27.5 Å². The Kier molecular flexibility index (Phi) is 5.12. The molecule has 0 fully saturated rings. The number of aromatic nitrogens is 6. The van der Waals surface area contributed by atoms with Crippen LogP contribution in [-0.4, -0.2) is 33.4 Å². The van der Waals surface area contributed by atoms with Crippen LogP contribution >= 0.6 is 32.0 Å². The smallest absolute Gasteiger partial charge is 0.342 e. The molecule has 11 heteroatoms. The predicted molar refractivity (Wildman–Crippen MR) is 118 cm³/mol. The van der Waals surface area contributed by atoms with Gasteiger partial charge in [0, 0.05) is 12.4 Å². The fourth-order valence-corrected chi connectivity index (χ4v) is 5.30. The highest BCUT2D eigenvalue weighted by molar-refractivity contribution is 7.56. The van der Waals surface area contributed by atoms with E-state index in [9.17, 15) is 4.79 Å². The van der Waals surface area contributed by atoms with Crippen molar-refractivity contribution in [3.63, 3.8) is 0 Å². The molecule has 0 saturated carbocycles. The molecule has 1 aromatic carbocycles. The molecule has 1 atom stereocenters. The summed E-state index contributed by atoms with van der Waals surface area (Å²) in [4.78, 5) is 21.6. The number of hydrogen-bond acceptors (Lipinski definition) is 10. The van der Waals surface area contributed by atoms with Crippen molar-refractivity contribution in [3.05, 3.63) is 59.4 Å². The highest BCUT2D eigenvalue weighted by Gasteiger charge is 2.20. The minimum Gasteiger partial charge on any atom is -0.457 e. The Labute approximate surface area is 180 Å². The summed E-state index contributed by atoms with van der Waals surface area (Å²) in [5.41, 5.74) is 6.43. The minimum atomic E-state index is -0.474. The zero-order valence-electron chi connectivity index (χ0n) is 15.6. The van der Waals surface area contributed by atoms with Crippen molar-refractivity contribution < 1.29 is 9.53 Å². The lowest BCUT2D eigenvalue weighted by Gasteiger charge is -2.07. The van der Waals surface area contributed by atoms with Gasteiger partial charge >= 0.3 is 5.97 Å². The van der Waals surface area contributed by atoms with Crippen molar-refractivity contribution >= 4 is 70.9 Å². The highest BCUT2D eigenvalue weighted by atomic mass is 32.1. The molecule has 0 aliphatic heterocycles. The maximum atomic E-state index is 12.6. The Bertz CT molecular complexity index is 1370. The van der Waals surface area contributed by atoms with Gasteiger partial charge in [0.25, 0.3) is 0 Å². The summed E-state index contributed by atoms with van der Waals surface area (Å²) in [5.74, 6) is -0.474. The molecular formula is C19H13N6O2PS2. The second kappa shape index (κ2) is 8.06. The molecule has 0 aliphatic carbocycles. The lowest BCUT2D eigenvalue weighted by molar-refractivity contribution is 0.0474. The van der Waals surface area contributed by atoms with Gasteiger partial charge in [-0.3, -0.25) is 9.97 Å². The van der Waals surface area contributed by atoms with Gasteiger partial charge in [-0.25, -0.2) is 4.79 Å². The summed E-state index contributed by atoms with van der Waals surface area (Å²) >= 11 is 2.21. The summed E-state index contributed by atoms with van der Waals surface area (Å²) in [6, 6.07) is 9.52. The molecule has 0 saturated heterocycles. The Morgan fingerprint density at radius 1 is 0.900 bits per heavy atom. The number of fused-ring (bicyclic) bond motifs is 2. The molecule has 0 aliphatic rings. The normalized spacial score (nSPS) is 11.6. The summed E-state index contributed by atoms with van der Waals surface area (Å²) in [6.07, 6.45) is 3.29. The quantitative estimate of drug-likeness (QED) is 0.296. The standard InChI is InChI=1S/C19H13N6O2PS2/c1-10-7-20-17(15-13(10)22-29-24-15)28-18-16-14(23-30-25-16)12(8-21-18)19(26)27-9-11-5-3-2-4-6-11/h2-8,28H,9H2,1H3. The molecule has 0 amide bonds. The largest absolute Gasteiger partial charge is 0.457 e. The molecule has 5 rings (SSSR count). The Morgan fingerprint density at radius 3 is 2.30 bits per heavy atom. The van der Waals surface area contributed by atoms with Gasteiger partial charge in [-0.1, -0.05) is 30.3 Å². The van der Waals surface area contributed by atoms with Crippen LogP contribution in [0.5, 0.6) is 0 Å². The van der Waals surface area contributed by atoms with Crippen LogP contribution in [0.2, 0.25) is 0 Å². The number of carbonyl (C=O) groups is 1. The van der Waals surface area contributed by atoms with Crippen molar-refractivity contribution in [2.24, 2.45) is 0 Å². The molecule has 0 bridgehead atoms. The first-order chi connectivity index (χ1) is 14.7. The van der Waals surface area contributed by atoms with Crippen molar-refractivity contribution in [1.82, 2.24) is 27.5 Å². The summed E-state index contributed by atoms with van der Waals surface area (Å²) in [7, 11) is 0.117. The third-order valence-corrected chi connectivity index (χ3v) is 6.70. The first kappa shape index (κ1) is 19.0. The van der Waals surface area contributed by atoms with E-state index in [4.69, 9.17) is 4.74 Å². The second-order valence-electron chi connectivity index (χ2n) is 6.42. The lowest BCUT2D eigenvalue weighted by Crippen LogP contribution is -2.15. The average Bonchev–Trinajstić information content (AvgIpc) is 3.45. The van der Waals surface area contributed by atoms with Crippen LogP contribution in [0.25, 0.3) is 22.1 Å². The van der Waals surface area contributed by atoms with Gasteiger partial charge in [0.05, 0.1) is 34.3 Å². The minimum absolute atomic E-state index is 0.117. The molecule has 1 unspecified atom stereocenters. The molecule has 4 aromatic heterocycles. The number of aryl methyl sites for hydroxylation is 1. The first-order valence-corrected chi connectivity index (χ1v) is 11.3. The van der Waals surface area contributed by atoms with Crippen LogP contribution in [-0.2, 0) is 11.3 Å². The van der Waals surface area contributed by atoms with Crippen LogP contribution < -0.4 is 10.9 Å². The van der Waals surface area contributed by atoms with Gasteiger partial charge in [0.2, 0.25) is 0 Å². The Morgan fingerprint density at radius 2 is 1.53 bits per heavy atom. The first-order valence-electron chi connectivity index (χ1n) is 8.88. The molecule has 4 heterocycles. The number of esters is 1. The van der Waals surface area contributed by atoms with E-state index < -0.39 is 5.97 Å². The second-order valence-corrected chi connectivity index (χ2v) is 8.67. The molecule has 0 radical (unpaired) electrons. The fraction of sp³-hybridized carbons (Fsp3) is 0.105. The molecule has 148 valence electrons. The third kappa shape index (κ3) is 3.54. The SMILES string of the molecule is Cc1cnc(Pc2ncc(C(=O)OCc3ccccc3)c3nsnc23)c2nsnc12. The van der Waals surface area contributed by atoms with E-state index in [0.29, 0.717) is 22.0 Å². The number of rotatable bonds is 5. The molecule has 0 N–H and O–H groups in total. The molecule has 8 nitrogen and oxygen atoms in total. The van der Waals surface area contributed by atoms with Crippen LogP contribution in [0, 0.1) is 6.92 Å². The molecule has 5 aromatic rings. The number of hydrogen-bond donors (Lipinski definition) is 0. The van der Waals surface area contributed by atoms with Crippen molar-refractivity contribution in [2.45, 2.75) is 13.5 Å². The van der Waals surface area contributed by atoms with Crippen LogP contribution in [0.1, 0.15) is 21.5 Å². The van der Waals surface area contributed by atoms with Gasteiger partial charge in [-0.2, -0.15) is 17.5 Å². The fourth-order valence-electron chi connectivity index (χ4n) is 2.90. The number of benzene rings is 1. The summed E-state index contributed by atoms with van der Waals surface area (Å²) in [5, 5.41) is 0. The van der Waals surface area contributed by atoms with E-state index in [1.54, 1.807) is 6.20 Å². The van der Waals surface area contributed by atoms with Crippen LogP contribution in [0.4, 0.5) is 0 Å². The number of ether oxygens (including phenoxy) is 1. The van der Waals surface area contributed by atoms with Crippen LogP contribution in [0.15, 0.2) is 42.7 Å². The van der Waals surface area contributed by atoms with Crippen molar-refractivity contribution in [3.8, 4) is 0 Å². The third-order valence-electron chi connectivity index (χ3n) is 4.43. The highest BCUT2D eigenvalue weighted by Crippen LogP contribution is 2.23. The Hall–Kier alpha value is -2.94. The molecule has 30 heavy (non-hydrogen) atoms.